The summed E-state index contributed by atoms with van der Waals surface area (Å²) in [6, 6.07) is 5.44. The number of halogens is 3. The molecule has 22 heavy (non-hydrogen) atoms. The Labute approximate surface area is 129 Å². The van der Waals surface area contributed by atoms with Gasteiger partial charge in [0, 0.05) is 32.8 Å². The Hall–Kier alpha value is -1.11. The van der Waals surface area contributed by atoms with Crippen LogP contribution in [0.5, 0.6) is 0 Å². The Morgan fingerprint density at radius 2 is 1.59 bits per heavy atom. The zero-order chi connectivity index (χ0) is 16.0. The van der Waals surface area contributed by atoms with Crippen molar-refractivity contribution >= 4 is 0 Å². The van der Waals surface area contributed by atoms with Gasteiger partial charge in [0.2, 0.25) is 0 Å². The summed E-state index contributed by atoms with van der Waals surface area (Å²) in [7, 11) is 0. The van der Waals surface area contributed by atoms with Crippen LogP contribution in [0.25, 0.3) is 0 Å². The molecule has 1 aromatic carbocycles. The van der Waals surface area contributed by atoms with Gasteiger partial charge in [0.15, 0.2) is 0 Å². The Bertz CT molecular complexity index is 448. The number of hydrogen-bond donors (Lipinski definition) is 1. The van der Waals surface area contributed by atoms with E-state index in [1.807, 2.05) is 0 Å². The van der Waals surface area contributed by atoms with Crippen molar-refractivity contribution in [3.63, 3.8) is 0 Å². The van der Waals surface area contributed by atoms with Crippen LogP contribution in [0, 0.1) is 0 Å². The number of benzene rings is 1. The third-order valence-electron chi connectivity index (χ3n) is 4.00. The van der Waals surface area contributed by atoms with Crippen LogP contribution in [0.3, 0.4) is 0 Å². The Morgan fingerprint density at radius 1 is 0.955 bits per heavy atom. The van der Waals surface area contributed by atoms with Gasteiger partial charge in [-0.1, -0.05) is 12.1 Å². The smallest absolute Gasteiger partial charge is 0.396 e. The second-order valence-electron chi connectivity index (χ2n) is 5.74. The SMILES string of the molecule is OCCCN1CCCN(Cc2ccc(C(F)(F)F)cc2)CC1. The summed E-state index contributed by atoms with van der Waals surface area (Å²) < 4.78 is 37.6. The zero-order valence-corrected chi connectivity index (χ0v) is 12.6. The van der Waals surface area contributed by atoms with Crippen molar-refractivity contribution in [1.82, 2.24) is 9.80 Å². The molecule has 0 aliphatic carbocycles. The fourth-order valence-corrected chi connectivity index (χ4v) is 2.76. The normalized spacial score (nSPS) is 18.4. The van der Waals surface area contributed by atoms with Crippen LogP contribution in [0.2, 0.25) is 0 Å². The first-order valence-electron chi connectivity index (χ1n) is 7.71. The van der Waals surface area contributed by atoms with Gasteiger partial charge in [0.25, 0.3) is 0 Å². The highest BCUT2D eigenvalue weighted by atomic mass is 19.4. The van der Waals surface area contributed by atoms with E-state index in [-0.39, 0.29) is 6.61 Å². The van der Waals surface area contributed by atoms with E-state index in [0.717, 1.165) is 63.3 Å². The average molecular weight is 316 g/mol. The largest absolute Gasteiger partial charge is 0.416 e. The molecule has 1 aliphatic rings. The van der Waals surface area contributed by atoms with E-state index in [1.165, 1.54) is 0 Å². The number of alkyl halides is 3. The van der Waals surface area contributed by atoms with E-state index in [0.29, 0.717) is 6.54 Å². The molecule has 1 heterocycles. The van der Waals surface area contributed by atoms with Gasteiger partial charge in [-0.25, -0.2) is 0 Å². The van der Waals surface area contributed by atoms with Crippen LogP contribution >= 0.6 is 0 Å². The molecular weight excluding hydrogens is 293 g/mol. The van der Waals surface area contributed by atoms with Gasteiger partial charge in [-0.05, 0) is 43.6 Å². The van der Waals surface area contributed by atoms with Crippen molar-refractivity contribution in [3.8, 4) is 0 Å². The summed E-state index contributed by atoms with van der Waals surface area (Å²) in [5.74, 6) is 0. The number of hydrogen-bond acceptors (Lipinski definition) is 3. The third kappa shape index (κ3) is 5.26. The van der Waals surface area contributed by atoms with Crippen molar-refractivity contribution in [3.05, 3.63) is 35.4 Å². The first kappa shape index (κ1) is 17.2. The first-order chi connectivity index (χ1) is 10.5. The molecule has 1 aromatic rings. The molecule has 0 atom stereocenters. The number of rotatable bonds is 5. The van der Waals surface area contributed by atoms with E-state index in [2.05, 4.69) is 9.80 Å². The molecule has 0 unspecified atom stereocenters. The Kier molecular flexibility index (Phi) is 6.23. The summed E-state index contributed by atoms with van der Waals surface area (Å²) in [4.78, 5) is 4.62. The Morgan fingerprint density at radius 3 is 2.23 bits per heavy atom. The molecular formula is C16H23F3N2O. The van der Waals surface area contributed by atoms with Gasteiger partial charge >= 0.3 is 6.18 Å². The van der Waals surface area contributed by atoms with E-state index in [9.17, 15) is 13.2 Å². The lowest BCUT2D eigenvalue weighted by atomic mass is 10.1. The molecule has 0 radical (unpaired) electrons. The van der Waals surface area contributed by atoms with Crippen molar-refractivity contribution < 1.29 is 18.3 Å². The predicted octanol–water partition coefficient (Wildman–Crippen LogP) is 2.60. The molecule has 6 heteroatoms. The molecule has 0 aromatic heterocycles. The summed E-state index contributed by atoms with van der Waals surface area (Å²) in [5, 5.41) is 8.88. The lowest BCUT2D eigenvalue weighted by Crippen LogP contribution is -2.31. The highest BCUT2D eigenvalue weighted by Crippen LogP contribution is 2.29. The number of aliphatic hydroxyl groups is 1. The van der Waals surface area contributed by atoms with Crippen LogP contribution in [0.1, 0.15) is 24.0 Å². The van der Waals surface area contributed by atoms with Crippen molar-refractivity contribution in [2.75, 3.05) is 39.3 Å². The maximum Gasteiger partial charge on any atom is 0.416 e. The van der Waals surface area contributed by atoms with Crippen LogP contribution in [-0.4, -0.2) is 54.2 Å². The molecule has 0 amide bonds. The molecule has 2 rings (SSSR count). The second kappa shape index (κ2) is 7.94. The second-order valence-corrected chi connectivity index (χ2v) is 5.74. The maximum absolute atomic E-state index is 12.5. The summed E-state index contributed by atoms with van der Waals surface area (Å²) >= 11 is 0. The molecule has 1 saturated heterocycles. The van der Waals surface area contributed by atoms with Gasteiger partial charge in [-0.2, -0.15) is 13.2 Å². The first-order valence-corrected chi connectivity index (χ1v) is 7.71. The quantitative estimate of drug-likeness (QED) is 0.904. The molecule has 0 spiro atoms. The summed E-state index contributed by atoms with van der Waals surface area (Å²) in [6.07, 6.45) is -2.43. The zero-order valence-electron chi connectivity index (χ0n) is 12.6. The van der Waals surface area contributed by atoms with E-state index >= 15 is 0 Å². The Balaban J connectivity index is 1.86. The number of aliphatic hydroxyl groups excluding tert-OH is 1. The third-order valence-corrected chi connectivity index (χ3v) is 4.00. The van der Waals surface area contributed by atoms with Crippen LogP contribution in [-0.2, 0) is 12.7 Å². The molecule has 0 bridgehead atoms. The number of nitrogens with zero attached hydrogens (tertiary/aromatic N) is 2. The lowest BCUT2D eigenvalue weighted by Gasteiger charge is -2.21. The van der Waals surface area contributed by atoms with Crippen molar-refractivity contribution in [2.45, 2.75) is 25.6 Å². The van der Waals surface area contributed by atoms with Gasteiger partial charge < -0.3 is 10.0 Å². The van der Waals surface area contributed by atoms with Crippen LogP contribution in [0.4, 0.5) is 13.2 Å². The predicted molar refractivity (Wildman–Crippen MR) is 79.5 cm³/mol. The minimum Gasteiger partial charge on any atom is -0.396 e. The topological polar surface area (TPSA) is 26.7 Å². The van der Waals surface area contributed by atoms with Gasteiger partial charge in [-0.15, -0.1) is 0 Å². The van der Waals surface area contributed by atoms with Crippen LogP contribution in [0.15, 0.2) is 24.3 Å². The molecule has 1 fully saturated rings. The van der Waals surface area contributed by atoms with Gasteiger partial charge in [0.05, 0.1) is 5.56 Å². The van der Waals surface area contributed by atoms with E-state index < -0.39 is 11.7 Å². The molecule has 1 N–H and O–H groups in total. The fourth-order valence-electron chi connectivity index (χ4n) is 2.76. The van der Waals surface area contributed by atoms with E-state index in [1.54, 1.807) is 12.1 Å². The summed E-state index contributed by atoms with van der Waals surface area (Å²) in [6.45, 7) is 5.63. The van der Waals surface area contributed by atoms with Crippen LogP contribution < -0.4 is 0 Å². The standard InChI is InChI=1S/C16H23F3N2O/c17-16(18,19)15-5-3-14(4-6-15)13-21-8-1-7-20(10-11-21)9-2-12-22/h3-6,22H,1-2,7-13H2. The highest BCUT2D eigenvalue weighted by molar-refractivity contribution is 5.24. The minimum atomic E-state index is -4.27. The fraction of sp³-hybridized carbons (Fsp3) is 0.625. The molecule has 0 saturated carbocycles. The monoisotopic (exact) mass is 316 g/mol. The highest BCUT2D eigenvalue weighted by Gasteiger charge is 2.30. The summed E-state index contributed by atoms with van der Waals surface area (Å²) in [5.41, 5.74) is 0.319. The average Bonchev–Trinajstić information content (AvgIpc) is 2.70. The van der Waals surface area contributed by atoms with Gasteiger partial charge in [0.1, 0.15) is 0 Å². The van der Waals surface area contributed by atoms with Crippen molar-refractivity contribution in [2.24, 2.45) is 0 Å². The van der Waals surface area contributed by atoms with Crippen molar-refractivity contribution in [1.29, 1.82) is 0 Å². The van der Waals surface area contributed by atoms with E-state index in [4.69, 9.17) is 5.11 Å². The molecule has 3 nitrogen and oxygen atoms in total. The molecule has 124 valence electrons. The maximum atomic E-state index is 12.5. The molecule has 1 aliphatic heterocycles. The minimum absolute atomic E-state index is 0.214. The van der Waals surface area contributed by atoms with Gasteiger partial charge in [-0.3, -0.25) is 4.90 Å². The lowest BCUT2D eigenvalue weighted by molar-refractivity contribution is -0.137.